The number of hydrogen-bond acceptors (Lipinski definition) is 1. The number of aromatic amines is 1. The van der Waals surface area contributed by atoms with E-state index in [0.29, 0.717) is 6.42 Å². The average Bonchev–Trinajstić information content (AvgIpc) is 2.79. The summed E-state index contributed by atoms with van der Waals surface area (Å²) in [6.45, 7) is 6.13. The van der Waals surface area contributed by atoms with Gasteiger partial charge in [-0.2, -0.15) is 0 Å². The molecule has 0 radical (unpaired) electrons. The van der Waals surface area contributed by atoms with Crippen LogP contribution in [0.25, 0.3) is 10.9 Å². The summed E-state index contributed by atoms with van der Waals surface area (Å²) in [5.41, 5.74) is 6.46. The Morgan fingerprint density at radius 2 is 1.82 bits per heavy atom. The summed E-state index contributed by atoms with van der Waals surface area (Å²) in [4.78, 5) is 15.7. The monoisotopic (exact) mass is 292 g/mol. The van der Waals surface area contributed by atoms with E-state index in [9.17, 15) is 4.79 Å². The molecule has 0 aliphatic heterocycles. The molecule has 2 N–H and O–H groups in total. The lowest BCUT2D eigenvalue weighted by atomic mass is 10.1. The number of para-hydroxylation sites is 1. The highest BCUT2D eigenvalue weighted by Crippen LogP contribution is 2.23. The zero-order valence-corrected chi connectivity index (χ0v) is 13.2. The number of fused-ring (bicyclic) bond motifs is 1. The summed E-state index contributed by atoms with van der Waals surface area (Å²) >= 11 is 0. The summed E-state index contributed by atoms with van der Waals surface area (Å²) in [6.07, 6.45) is 0.378. The van der Waals surface area contributed by atoms with Crippen LogP contribution in [-0.2, 0) is 11.2 Å². The molecule has 3 nitrogen and oxygen atoms in total. The number of rotatable bonds is 3. The molecular formula is C19H20N2O. The number of anilines is 1. The lowest BCUT2D eigenvalue weighted by molar-refractivity contribution is -0.115. The number of amides is 1. The van der Waals surface area contributed by atoms with Crippen molar-refractivity contribution in [3.05, 3.63) is 64.8 Å². The number of carbonyl (C=O) groups is 1. The van der Waals surface area contributed by atoms with Gasteiger partial charge in [0.2, 0.25) is 5.91 Å². The molecule has 3 aromatic rings. The van der Waals surface area contributed by atoms with Gasteiger partial charge in [0.05, 0.1) is 6.42 Å². The molecule has 3 heteroatoms. The van der Waals surface area contributed by atoms with E-state index in [1.54, 1.807) is 0 Å². The second-order valence-electron chi connectivity index (χ2n) is 5.80. The van der Waals surface area contributed by atoms with Crippen molar-refractivity contribution in [2.24, 2.45) is 0 Å². The number of carbonyl (C=O) groups excluding carboxylic acids is 1. The normalized spacial score (nSPS) is 10.9. The SMILES string of the molecule is Cc1ccc(NC(=O)Cc2c(C)[nH]c3ccccc23)cc1C. The van der Waals surface area contributed by atoms with Crippen molar-refractivity contribution in [3.8, 4) is 0 Å². The molecule has 1 amide bonds. The summed E-state index contributed by atoms with van der Waals surface area (Å²) in [5, 5.41) is 4.11. The maximum absolute atomic E-state index is 12.3. The lowest BCUT2D eigenvalue weighted by Crippen LogP contribution is -2.14. The quantitative estimate of drug-likeness (QED) is 0.743. The second-order valence-corrected chi connectivity index (χ2v) is 5.80. The van der Waals surface area contributed by atoms with Crippen LogP contribution in [-0.4, -0.2) is 10.9 Å². The molecular weight excluding hydrogens is 272 g/mol. The first-order valence-corrected chi connectivity index (χ1v) is 7.48. The van der Waals surface area contributed by atoms with Crippen LogP contribution in [0.3, 0.4) is 0 Å². The standard InChI is InChI=1S/C19H20N2O/c1-12-8-9-15(10-13(12)2)21-19(22)11-17-14(3)20-18-7-5-4-6-16(17)18/h4-10,20H,11H2,1-3H3,(H,21,22). The number of hydrogen-bond donors (Lipinski definition) is 2. The molecule has 2 aromatic carbocycles. The molecule has 0 spiro atoms. The molecule has 0 saturated carbocycles. The van der Waals surface area contributed by atoms with Gasteiger partial charge in [0, 0.05) is 22.3 Å². The Labute approximate surface area is 130 Å². The molecule has 0 aliphatic carbocycles. The Balaban J connectivity index is 1.81. The van der Waals surface area contributed by atoms with Gasteiger partial charge in [0.15, 0.2) is 0 Å². The highest BCUT2D eigenvalue weighted by Gasteiger charge is 2.12. The number of aryl methyl sites for hydroxylation is 3. The third kappa shape index (κ3) is 2.75. The van der Waals surface area contributed by atoms with Crippen LogP contribution < -0.4 is 5.32 Å². The minimum atomic E-state index is 0.0103. The van der Waals surface area contributed by atoms with Crippen molar-refractivity contribution < 1.29 is 4.79 Å². The molecule has 22 heavy (non-hydrogen) atoms. The van der Waals surface area contributed by atoms with Crippen LogP contribution in [0.1, 0.15) is 22.4 Å². The van der Waals surface area contributed by atoms with Crippen molar-refractivity contribution in [1.29, 1.82) is 0 Å². The van der Waals surface area contributed by atoms with Gasteiger partial charge in [-0.25, -0.2) is 0 Å². The topological polar surface area (TPSA) is 44.9 Å². The first-order valence-electron chi connectivity index (χ1n) is 7.48. The summed E-state index contributed by atoms with van der Waals surface area (Å²) < 4.78 is 0. The van der Waals surface area contributed by atoms with Crippen LogP contribution in [0.4, 0.5) is 5.69 Å². The number of aromatic nitrogens is 1. The zero-order chi connectivity index (χ0) is 15.7. The molecule has 0 unspecified atom stereocenters. The van der Waals surface area contributed by atoms with Gasteiger partial charge in [0.25, 0.3) is 0 Å². The highest BCUT2D eigenvalue weighted by atomic mass is 16.1. The van der Waals surface area contributed by atoms with Crippen LogP contribution in [0.2, 0.25) is 0 Å². The van der Waals surface area contributed by atoms with Crippen molar-refractivity contribution in [2.45, 2.75) is 27.2 Å². The highest BCUT2D eigenvalue weighted by molar-refractivity contribution is 5.96. The third-order valence-corrected chi connectivity index (χ3v) is 4.16. The van der Waals surface area contributed by atoms with E-state index in [4.69, 9.17) is 0 Å². The van der Waals surface area contributed by atoms with Gasteiger partial charge < -0.3 is 10.3 Å². The first kappa shape index (κ1) is 14.4. The van der Waals surface area contributed by atoms with Gasteiger partial charge in [0.1, 0.15) is 0 Å². The largest absolute Gasteiger partial charge is 0.358 e. The van der Waals surface area contributed by atoms with Crippen LogP contribution in [0, 0.1) is 20.8 Å². The molecule has 0 bridgehead atoms. The van der Waals surface area contributed by atoms with Crippen molar-refractivity contribution in [3.63, 3.8) is 0 Å². The lowest BCUT2D eigenvalue weighted by Gasteiger charge is -2.08. The fourth-order valence-corrected chi connectivity index (χ4v) is 2.75. The maximum atomic E-state index is 12.3. The van der Waals surface area contributed by atoms with Gasteiger partial charge in [-0.1, -0.05) is 24.3 Å². The molecule has 1 aromatic heterocycles. The number of benzene rings is 2. The molecule has 112 valence electrons. The van der Waals surface area contributed by atoms with Gasteiger partial charge in [-0.15, -0.1) is 0 Å². The van der Waals surface area contributed by atoms with Crippen LogP contribution >= 0.6 is 0 Å². The van der Waals surface area contributed by atoms with Crippen molar-refractivity contribution in [2.75, 3.05) is 5.32 Å². The fraction of sp³-hybridized carbons (Fsp3) is 0.211. The molecule has 0 fully saturated rings. The Hall–Kier alpha value is -2.55. The van der Waals surface area contributed by atoms with E-state index >= 15 is 0 Å². The maximum Gasteiger partial charge on any atom is 0.228 e. The van der Waals surface area contributed by atoms with E-state index in [0.717, 1.165) is 27.8 Å². The molecule has 3 rings (SSSR count). The first-order chi connectivity index (χ1) is 10.5. The van der Waals surface area contributed by atoms with Gasteiger partial charge in [-0.05, 0) is 55.7 Å². The van der Waals surface area contributed by atoms with E-state index in [-0.39, 0.29) is 5.91 Å². The van der Waals surface area contributed by atoms with Crippen LogP contribution in [0.15, 0.2) is 42.5 Å². The second kappa shape index (κ2) is 5.68. The smallest absolute Gasteiger partial charge is 0.228 e. The van der Waals surface area contributed by atoms with Crippen molar-refractivity contribution in [1.82, 2.24) is 4.98 Å². The molecule has 0 saturated heterocycles. The predicted molar refractivity (Wildman–Crippen MR) is 91.3 cm³/mol. The molecule has 0 atom stereocenters. The minimum absolute atomic E-state index is 0.0103. The van der Waals surface area contributed by atoms with E-state index in [2.05, 4.69) is 30.2 Å². The summed E-state index contributed by atoms with van der Waals surface area (Å²) in [6, 6.07) is 14.1. The van der Waals surface area contributed by atoms with E-state index < -0.39 is 0 Å². The average molecular weight is 292 g/mol. The van der Waals surface area contributed by atoms with E-state index in [1.165, 1.54) is 11.1 Å². The minimum Gasteiger partial charge on any atom is -0.358 e. The Morgan fingerprint density at radius 1 is 1.05 bits per heavy atom. The molecule has 1 heterocycles. The van der Waals surface area contributed by atoms with Gasteiger partial charge >= 0.3 is 0 Å². The van der Waals surface area contributed by atoms with E-state index in [1.807, 2.05) is 43.3 Å². The fourth-order valence-electron chi connectivity index (χ4n) is 2.75. The van der Waals surface area contributed by atoms with Crippen molar-refractivity contribution >= 4 is 22.5 Å². The molecule has 0 aliphatic rings. The third-order valence-electron chi connectivity index (χ3n) is 4.16. The predicted octanol–water partition coefficient (Wildman–Crippen LogP) is 4.27. The summed E-state index contributed by atoms with van der Waals surface area (Å²) in [5.74, 6) is 0.0103. The zero-order valence-electron chi connectivity index (χ0n) is 13.2. The Kier molecular flexibility index (Phi) is 3.72. The summed E-state index contributed by atoms with van der Waals surface area (Å²) in [7, 11) is 0. The number of nitrogens with one attached hydrogen (secondary N) is 2. The Morgan fingerprint density at radius 3 is 2.59 bits per heavy atom. The number of H-pyrrole nitrogens is 1. The van der Waals surface area contributed by atoms with Gasteiger partial charge in [-0.3, -0.25) is 4.79 Å². The Bertz CT molecular complexity index is 846. The van der Waals surface area contributed by atoms with Crippen LogP contribution in [0.5, 0.6) is 0 Å².